The molecule has 3 heterocycles. The highest BCUT2D eigenvalue weighted by Crippen LogP contribution is 2.21. The Bertz CT molecular complexity index is 737. The maximum Gasteiger partial charge on any atom is 0.223 e. The number of nitrogens with zero attached hydrogens (tertiary/aromatic N) is 5. The van der Waals surface area contributed by atoms with E-state index in [9.17, 15) is 0 Å². The largest absolute Gasteiger partial charge is 0.347 e. The minimum atomic E-state index is 0.132. The summed E-state index contributed by atoms with van der Waals surface area (Å²) in [7, 11) is 1.91. The zero-order valence-electron chi connectivity index (χ0n) is 12.6. The molecule has 0 aliphatic heterocycles. The lowest BCUT2D eigenvalue weighted by atomic mass is 10.1. The second kappa shape index (κ2) is 6.34. The third kappa shape index (κ3) is 3.11. The van der Waals surface area contributed by atoms with Crippen LogP contribution in [0.2, 0.25) is 0 Å². The number of aryl methyl sites for hydroxylation is 1. The molecule has 22 heavy (non-hydrogen) atoms. The quantitative estimate of drug-likeness (QED) is 0.783. The molecule has 0 aliphatic rings. The van der Waals surface area contributed by atoms with Gasteiger partial charge < -0.3 is 5.32 Å². The normalized spacial score (nSPS) is 12.1. The number of pyridine rings is 1. The first kappa shape index (κ1) is 14.2. The Hall–Kier alpha value is -2.76. The molecule has 0 amide bonds. The van der Waals surface area contributed by atoms with E-state index in [-0.39, 0.29) is 6.04 Å². The highest BCUT2D eigenvalue weighted by molar-refractivity contribution is 5.54. The Balaban J connectivity index is 1.83. The van der Waals surface area contributed by atoms with Crippen molar-refractivity contribution in [3.05, 3.63) is 54.6 Å². The van der Waals surface area contributed by atoms with Crippen LogP contribution in [0.4, 0.5) is 5.95 Å². The Kier molecular flexibility index (Phi) is 4.09. The van der Waals surface area contributed by atoms with Crippen molar-refractivity contribution in [2.45, 2.75) is 19.4 Å². The van der Waals surface area contributed by atoms with Gasteiger partial charge in [-0.3, -0.25) is 9.67 Å². The second-order valence-corrected chi connectivity index (χ2v) is 5.03. The van der Waals surface area contributed by atoms with Crippen molar-refractivity contribution in [3.63, 3.8) is 0 Å². The maximum atomic E-state index is 4.55. The van der Waals surface area contributed by atoms with E-state index in [1.54, 1.807) is 17.1 Å². The Morgan fingerprint density at radius 1 is 1.14 bits per heavy atom. The van der Waals surface area contributed by atoms with Gasteiger partial charge in [-0.05, 0) is 24.6 Å². The summed E-state index contributed by atoms with van der Waals surface area (Å²) in [5.74, 6) is 0.596. The topological polar surface area (TPSA) is 68.5 Å². The highest BCUT2D eigenvalue weighted by atomic mass is 15.2. The van der Waals surface area contributed by atoms with Gasteiger partial charge in [-0.25, -0.2) is 9.97 Å². The highest BCUT2D eigenvalue weighted by Gasteiger charge is 2.13. The number of rotatable bonds is 5. The molecule has 112 valence electrons. The van der Waals surface area contributed by atoms with Crippen molar-refractivity contribution in [1.29, 1.82) is 0 Å². The first-order valence-electron chi connectivity index (χ1n) is 7.26. The molecular formula is C16H18N6. The van der Waals surface area contributed by atoms with Gasteiger partial charge in [-0.1, -0.05) is 13.0 Å². The summed E-state index contributed by atoms with van der Waals surface area (Å²) in [6, 6.07) is 7.76. The van der Waals surface area contributed by atoms with Crippen LogP contribution in [0, 0.1) is 0 Å². The zero-order valence-corrected chi connectivity index (χ0v) is 12.6. The summed E-state index contributed by atoms with van der Waals surface area (Å²) >= 11 is 0. The van der Waals surface area contributed by atoms with Gasteiger partial charge in [0.25, 0.3) is 0 Å². The van der Waals surface area contributed by atoms with E-state index in [1.807, 2.05) is 43.7 Å². The summed E-state index contributed by atoms with van der Waals surface area (Å²) < 4.78 is 1.80. The average molecular weight is 294 g/mol. The molecule has 0 aromatic carbocycles. The summed E-state index contributed by atoms with van der Waals surface area (Å²) in [5.41, 5.74) is 2.76. The van der Waals surface area contributed by atoms with Crippen molar-refractivity contribution in [2.75, 3.05) is 5.32 Å². The molecule has 0 saturated heterocycles. The van der Waals surface area contributed by atoms with Crippen molar-refractivity contribution < 1.29 is 0 Å². The first-order valence-corrected chi connectivity index (χ1v) is 7.26. The number of nitrogens with one attached hydrogen (secondary N) is 1. The number of anilines is 1. The van der Waals surface area contributed by atoms with Gasteiger partial charge in [0.2, 0.25) is 5.95 Å². The molecule has 0 aliphatic carbocycles. The second-order valence-electron chi connectivity index (χ2n) is 5.03. The van der Waals surface area contributed by atoms with Gasteiger partial charge in [0.15, 0.2) is 0 Å². The monoisotopic (exact) mass is 294 g/mol. The molecule has 3 aromatic rings. The molecule has 0 fully saturated rings. The average Bonchev–Trinajstić information content (AvgIpc) is 3.00. The molecule has 0 saturated carbocycles. The number of aromatic nitrogens is 5. The fourth-order valence-corrected chi connectivity index (χ4v) is 2.28. The van der Waals surface area contributed by atoms with Crippen LogP contribution in [0.15, 0.2) is 49.1 Å². The maximum absolute atomic E-state index is 4.55. The summed E-state index contributed by atoms with van der Waals surface area (Å²) in [5, 5.41) is 7.58. The molecule has 1 atom stereocenters. The lowest BCUT2D eigenvalue weighted by Gasteiger charge is -2.15. The van der Waals surface area contributed by atoms with Crippen LogP contribution >= 0.6 is 0 Å². The molecule has 6 heteroatoms. The van der Waals surface area contributed by atoms with Gasteiger partial charge in [0.05, 0.1) is 23.6 Å². The Morgan fingerprint density at radius 3 is 2.73 bits per heavy atom. The Labute approximate surface area is 129 Å². The van der Waals surface area contributed by atoms with Crippen molar-refractivity contribution in [1.82, 2.24) is 24.7 Å². The molecule has 3 aromatic heterocycles. The van der Waals surface area contributed by atoms with Gasteiger partial charge in [-0.15, -0.1) is 0 Å². The summed E-state index contributed by atoms with van der Waals surface area (Å²) in [4.78, 5) is 13.2. The SMILES string of the molecule is CCC(Nc1nccc(-c2ccccn2)n1)c1cnn(C)c1. The van der Waals surface area contributed by atoms with E-state index in [2.05, 4.69) is 32.3 Å². The van der Waals surface area contributed by atoms with E-state index in [1.165, 1.54) is 0 Å². The van der Waals surface area contributed by atoms with Gasteiger partial charge in [0.1, 0.15) is 0 Å². The third-order valence-electron chi connectivity index (χ3n) is 3.42. The fraction of sp³-hybridized carbons (Fsp3) is 0.250. The van der Waals surface area contributed by atoms with E-state index in [0.717, 1.165) is 23.4 Å². The molecule has 1 N–H and O–H groups in total. The predicted octanol–water partition coefficient (Wildman–Crippen LogP) is 2.84. The fourth-order valence-electron chi connectivity index (χ4n) is 2.28. The van der Waals surface area contributed by atoms with Crippen LogP contribution in [0.25, 0.3) is 11.4 Å². The van der Waals surface area contributed by atoms with E-state index < -0.39 is 0 Å². The summed E-state index contributed by atoms with van der Waals surface area (Å²) in [6.07, 6.45) is 8.29. The predicted molar refractivity (Wildman–Crippen MR) is 85.1 cm³/mol. The summed E-state index contributed by atoms with van der Waals surface area (Å²) in [6.45, 7) is 2.12. The van der Waals surface area contributed by atoms with Crippen molar-refractivity contribution in [2.24, 2.45) is 7.05 Å². The van der Waals surface area contributed by atoms with Crippen LogP contribution in [0.3, 0.4) is 0 Å². The molecule has 0 spiro atoms. The Morgan fingerprint density at radius 2 is 2.05 bits per heavy atom. The molecule has 1 unspecified atom stereocenters. The minimum Gasteiger partial charge on any atom is -0.347 e. The standard InChI is InChI=1S/C16H18N6/c1-3-13(12-10-19-22(2)11-12)20-16-18-9-7-15(21-16)14-6-4-5-8-17-14/h4-11,13H,3H2,1-2H3,(H,18,20,21). The molecule has 6 nitrogen and oxygen atoms in total. The van der Waals surface area contributed by atoms with E-state index in [0.29, 0.717) is 5.95 Å². The molecular weight excluding hydrogens is 276 g/mol. The van der Waals surface area contributed by atoms with Crippen molar-refractivity contribution in [3.8, 4) is 11.4 Å². The number of hydrogen-bond acceptors (Lipinski definition) is 5. The van der Waals surface area contributed by atoms with Gasteiger partial charge in [0, 0.05) is 31.2 Å². The first-order chi connectivity index (χ1) is 10.8. The van der Waals surface area contributed by atoms with Crippen LogP contribution in [-0.4, -0.2) is 24.7 Å². The van der Waals surface area contributed by atoms with Gasteiger partial charge >= 0.3 is 0 Å². The van der Waals surface area contributed by atoms with Crippen LogP contribution in [0.5, 0.6) is 0 Å². The van der Waals surface area contributed by atoms with Crippen LogP contribution in [-0.2, 0) is 7.05 Å². The van der Waals surface area contributed by atoms with Crippen LogP contribution in [0.1, 0.15) is 24.9 Å². The molecule has 0 bridgehead atoms. The zero-order chi connectivity index (χ0) is 15.4. The smallest absolute Gasteiger partial charge is 0.223 e. The van der Waals surface area contributed by atoms with E-state index in [4.69, 9.17) is 0 Å². The lowest BCUT2D eigenvalue weighted by molar-refractivity contribution is 0.732. The minimum absolute atomic E-state index is 0.132. The van der Waals surface area contributed by atoms with E-state index >= 15 is 0 Å². The number of hydrogen-bond donors (Lipinski definition) is 1. The van der Waals surface area contributed by atoms with Crippen molar-refractivity contribution >= 4 is 5.95 Å². The molecule has 3 rings (SSSR count). The lowest BCUT2D eigenvalue weighted by Crippen LogP contribution is -2.11. The van der Waals surface area contributed by atoms with Gasteiger partial charge in [-0.2, -0.15) is 5.10 Å². The third-order valence-corrected chi connectivity index (χ3v) is 3.42. The molecule has 0 radical (unpaired) electrons. The van der Waals surface area contributed by atoms with Crippen LogP contribution < -0.4 is 5.32 Å².